The predicted octanol–water partition coefficient (Wildman–Crippen LogP) is 1.21. The molecule has 126 valence electrons. The van der Waals surface area contributed by atoms with E-state index in [1.165, 1.54) is 6.20 Å². The lowest BCUT2D eigenvalue weighted by molar-refractivity contribution is -0.169. The van der Waals surface area contributed by atoms with Crippen LogP contribution in [-0.2, 0) is 9.47 Å². The summed E-state index contributed by atoms with van der Waals surface area (Å²) < 4.78 is 11.4. The Labute approximate surface area is 136 Å². The van der Waals surface area contributed by atoms with Crippen LogP contribution in [0.25, 0.3) is 0 Å². The number of amides is 1. The number of carbonyl (C=O) groups is 1. The number of hydrogen-bond acceptors (Lipinski definition) is 6. The van der Waals surface area contributed by atoms with Crippen molar-refractivity contribution in [1.29, 1.82) is 0 Å². The van der Waals surface area contributed by atoms with Gasteiger partial charge in [0.15, 0.2) is 5.79 Å². The van der Waals surface area contributed by atoms with Gasteiger partial charge in [0, 0.05) is 32.5 Å². The van der Waals surface area contributed by atoms with Crippen molar-refractivity contribution in [3.05, 3.63) is 18.1 Å². The van der Waals surface area contributed by atoms with Crippen LogP contribution in [0.5, 0.6) is 0 Å². The van der Waals surface area contributed by atoms with Gasteiger partial charge in [-0.3, -0.25) is 4.79 Å². The molecule has 0 saturated carbocycles. The molecule has 0 radical (unpaired) electrons. The molecule has 1 amide bonds. The summed E-state index contributed by atoms with van der Waals surface area (Å²) in [4.78, 5) is 22.7. The maximum absolute atomic E-state index is 11.9. The van der Waals surface area contributed by atoms with Gasteiger partial charge in [-0.1, -0.05) is 13.8 Å². The zero-order valence-electron chi connectivity index (χ0n) is 13.7. The molecule has 0 atom stereocenters. The van der Waals surface area contributed by atoms with Gasteiger partial charge in [0.1, 0.15) is 11.5 Å². The highest BCUT2D eigenvalue weighted by atomic mass is 16.7. The molecule has 0 bridgehead atoms. The molecule has 1 N–H and O–H groups in total. The molecule has 2 fully saturated rings. The highest BCUT2D eigenvalue weighted by Crippen LogP contribution is 2.32. The van der Waals surface area contributed by atoms with Crippen LogP contribution in [0.4, 0.5) is 5.82 Å². The number of nitrogens with one attached hydrogen (secondary N) is 1. The first-order valence-electron chi connectivity index (χ1n) is 8.21. The quantitative estimate of drug-likeness (QED) is 0.898. The van der Waals surface area contributed by atoms with Gasteiger partial charge >= 0.3 is 0 Å². The van der Waals surface area contributed by atoms with Crippen LogP contribution in [0.1, 0.15) is 37.2 Å². The largest absolute Gasteiger partial charge is 0.355 e. The lowest BCUT2D eigenvalue weighted by Crippen LogP contribution is -2.45. The van der Waals surface area contributed by atoms with Gasteiger partial charge in [0.25, 0.3) is 5.91 Å². The highest BCUT2D eigenvalue weighted by molar-refractivity contribution is 5.91. The van der Waals surface area contributed by atoms with Crippen molar-refractivity contribution in [2.75, 3.05) is 37.7 Å². The summed E-state index contributed by atoms with van der Waals surface area (Å²) in [5, 5.41) is 2.84. The standard InChI is InChI=1S/C16H24N4O3/c1-12(2)9-19-15(21)13-10-18-14(11-17-13)20-5-3-16(4-6-20)22-7-8-23-16/h10-12H,3-9H2,1-2H3,(H,19,21). The number of piperidine rings is 1. The Kier molecular flexibility index (Phi) is 4.77. The normalized spacial score (nSPS) is 20.2. The van der Waals surface area contributed by atoms with E-state index in [9.17, 15) is 4.79 Å². The molecule has 3 rings (SSSR count). The molecule has 1 spiro atoms. The number of anilines is 1. The van der Waals surface area contributed by atoms with Crippen LogP contribution in [0.3, 0.4) is 0 Å². The number of carbonyl (C=O) groups excluding carboxylic acids is 1. The molecule has 0 unspecified atom stereocenters. The van der Waals surface area contributed by atoms with Gasteiger partial charge in [-0.05, 0) is 5.92 Å². The molecule has 2 aliphatic heterocycles. The van der Waals surface area contributed by atoms with E-state index < -0.39 is 0 Å². The summed E-state index contributed by atoms with van der Waals surface area (Å²) in [6.07, 6.45) is 4.85. The average molecular weight is 320 g/mol. The van der Waals surface area contributed by atoms with Crippen molar-refractivity contribution >= 4 is 11.7 Å². The van der Waals surface area contributed by atoms with E-state index in [1.807, 2.05) is 0 Å². The second-order valence-corrected chi connectivity index (χ2v) is 6.46. The van der Waals surface area contributed by atoms with Crippen molar-refractivity contribution in [1.82, 2.24) is 15.3 Å². The number of rotatable bonds is 4. The third-order valence-electron chi connectivity index (χ3n) is 4.20. The van der Waals surface area contributed by atoms with Crippen molar-refractivity contribution in [3.63, 3.8) is 0 Å². The van der Waals surface area contributed by atoms with Gasteiger partial charge < -0.3 is 19.7 Å². The van der Waals surface area contributed by atoms with Crippen LogP contribution < -0.4 is 10.2 Å². The third kappa shape index (κ3) is 3.79. The molecule has 0 aromatic carbocycles. The molecule has 2 saturated heterocycles. The van der Waals surface area contributed by atoms with Crippen LogP contribution in [0, 0.1) is 5.92 Å². The summed E-state index contributed by atoms with van der Waals surface area (Å²) in [5.41, 5.74) is 0.352. The summed E-state index contributed by atoms with van der Waals surface area (Å²) in [6.45, 7) is 7.73. The molecular weight excluding hydrogens is 296 g/mol. The molecule has 3 heterocycles. The fourth-order valence-electron chi connectivity index (χ4n) is 2.85. The van der Waals surface area contributed by atoms with Crippen LogP contribution in [-0.4, -0.2) is 54.5 Å². The molecule has 23 heavy (non-hydrogen) atoms. The van der Waals surface area contributed by atoms with Crippen LogP contribution in [0.15, 0.2) is 12.4 Å². The first-order valence-corrected chi connectivity index (χ1v) is 8.21. The van der Waals surface area contributed by atoms with Crippen molar-refractivity contribution in [3.8, 4) is 0 Å². The summed E-state index contributed by atoms with van der Waals surface area (Å²) >= 11 is 0. The first-order chi connectivity index (χ1) is 11.1. The summed E-state index contributed by atoms with van der Waals surface area (Å²) in [6, 6.07) is 0. The van der Waals surface area contributed by atoms with E-state index in [1.54, 1.807) is 6.20 Å². The minimum absolute atomic E-state index is 0.178. The van der Waals surface area contributed by atoms with Gasteiger partial charge in [0.2, 0.25) is 0 Å². The Morgan fingerprint density at radius 3 is 2.52 bits per heavy atom. The highest BCUT2D eigenvalue weighted by Gasteiger charge is 2.40. The fraction of sp³-hybridized carbons (Fsp3) is 0.688. The fourth-order valence-corrected chi connectivity index (χ4v) is 2.85. The van der Waals surface area contributed by atoms with E-state index in [-0.39, 0.29) is 11.7 Å². The lowest BCUT2D eigenvalue weighted by atomic mass is 10.0. The van der Waals surface area contributed by atoms with Crippen LogP contribution in [0.2, 0.25) is 0 Å². The van der Waals surface area contributed by atoms with Gasteiger partial charge in [-0.15, -0.1) is 0 Å². The molecule has 1 aromatic rings. The second kappa shape index (κ2) is 6.80. The van der Waals surface area contributed by atoms with E-state index in [0.717, 1.165) is 31.7 Å². The molecule has 2 aliphatic rings. The minimum atomic E-state index is -0.388. The minimum Gasteiger partial charge on any atom is -0.355 e. The zero-order valence-corrected chi connectivity index (χ0v) is 13.7. The predicted molar refractivity (Wildman–Crippen MR) is 85.3 cm³/mol. The Morgan fingerprint density at radius 2 is 1.96 bits per heavy atom. The molecule has 0 aliphatic carbocycles. The van der Waals surface area contributed by atoms with Crippen LogP contribution >= 0.6 is 0 Å². The topological polar surface area (TPSA) is 76.6 Å². The number of hydrogen-bond donors (Lipinski definition) is 1. The van der Waals surface area contributed by atoms with E-state index in [4.69, 9.17) is 9.47 Å². The van der Waals surface area contributed by atoms with Crippen molar-refractivity contribution < 1.29 is 14.3 Å². The maximum Gasteiger partial charge on any atom is 0.271 e. The number of ether oxygens (including phenoxy) is 2. The Hall–Kier alpha value is -1.73. The van der Waals surface area contributed by atoms with E-state index in [0.29, 0.717) is 31.4 Å². The third-order valence-corrected chi connectivity index (χ3v) is 4.20. The lowest BCUT2D eigenvalue weighted by Gasteiger charge is -2.37. The van der Waals surface area contributed by atoms with E-state index >= 15 is 0 Å². The van der Waals surface area contributed by atoms with E-state index in [2.05, 4.69) is 34.0 Å². The van der Waals surface area contributed by atoms with Gasteiger partial charge in [-0.2, -0.15) is 0 Å². The number of nitrogens with zero attached hydrogens (tertiary/aromatic N) is 3. The smallest absolute Gasteiger partial charge is 0.271 e. The molecular formula is C16H24N4O3. The first kappa shape index (κ1) is 16.1. The summed E-state index contributed by atoms with van der Waals surface area (Å²) in [7, 11) is 0. The molecule has 1 aromatic heterocycles. The Morgan fingerprint density at radius 1 is 1.26 bits per heavy atom. The maximum atomic E-state index is 11.9. The summed E-state index contributed by atoms with van der Waals surface area (Å²) in [5.74, 6) is 0.633. The second-order valence-electron chi connectivity index (χ2n) is 6.46. The van der Waals surface area contributed by atoms with Crippen molar-refractivity contribution in [2.24, 2.45) is 5.92 Å². The number of aromatic nitrogens is 2. The van der Waals surface area contributed by atoms with Gasteiger partial charge in [0.05, 0.1) is 25.6 Å². The Balaban J connectivity index is 1.56. The van der Waals surface area contributed by atoms with Crippen molar-refractivity contribution in [2.45, 2.75) is 32.5 Å². The Bertz CT molecular complexity index is 531. The molecule has 7 heteroatoms. The molecule has 7 nitrogen and oxygen atoms in total. The monoisotopic (exact) mass is 320 g/mol. The zero-order chi connectivity index (χ0) is 16.3. The van der Waals surface area contributed by atoms with Gasteiger partial charge in [-0.25, -0.2) is 9.97 Å². The average Bonchev–Trinajstić information content (AvgIpc) is 3.02. The SMILES string of the molecule is CC(C)CNC(=O)c1cnc(N2CCC3(CC2)OCCO3)cn1.